The van der Waals surface area contributed by atoms with Crippen molar-refractivity contribution in [3.8, 4) is 0 Å². The van der Waals surface area contributed by atoms with Crippen LogP contribution in [0.15, 0.2) is 4.99 Å². The van der Waals surface area contributed by atoms with E-state index in [1.54, 1.807) is 13.8 Å². The first-order chi connectivity index (χ1) is 4.66. The summed E-state index contributed by atoms with van der Waals surface area (Å²) in [4.78, 5) is 13.4. The molecule has 0 aromatic heterocycles. The minimum absolute atomic E-state index is 0. The fraction of sp³-hybridized carbons (Fsp3) is 0.667. The van der Waals surface area contributed by atoms with Gasteiger partial charge in [0.2, 0.25) is 0 Å². The predicted octanol–water partition coefficient (Wildman–Crippen LogP) is -3.80. The molecule has 0 rings (SSSR count). The van der Waals surface area contributed by atoms with Gasteiger partial charge >= 0.3 is 51.4 Å². The zero-order valence-corrected chi connectivity index (χ0v) is 10.2. The molecule has 0 aliphatic heterocycles. The van der Waals surface area contributed by atoms with Gasteiger partial charge in [-0.2, -0.15) is 0 Å². The van der Waals surface area contributed by atoms with E-state index in [2.05, 4.69) is 4.99 Å². The maximum absolute atomic E-state index is 9.83. The average molecular weight is 183 g/mol. The zero-order valence-electron chi connectivity index (χ0n) is 7.09. The summed E-state index contributed by atoms with van der Waals surface area (Å²) in [5.74, 6) is -0.814. The molecule has 0 heterocycles. The maximum Gasteiger partial charge on any atom is 1.00 e. The Bertz CT molecular complexity index is 147. The van der Waals surface area contributed by atoms with Gasteiger partial charge in [0.25, 0.3) is 0 Å². The van der Waals surface area contributed by atoms with E-state index in [1.165, 1.54) is 0 Å². The fourth-order valence-electron chi connectivity index (χ4n) is 0.430. The summed E-state index contributed by atoms with van der Waals surface area (Å²) in [7, 11) is 0. The van der Waals surface area contributed by atoms with E-state index in [0.717, 1.165) is 0 Å². The Labute approximate surface area is 108 Å². The Morgan fingerprint density at radius 2 is 2.18 bits per heavy atom. The van der Waals surface area contributed by atoms with Crippen molar-refractivity contribution in [2.45, 2.75) is 13.8 Å². The standard InChI is InChI=1S/C6H11NO3.K/c1-3-10-5(2)7-4-6(8)9;/h3-4H2,1-2H3,(H,8,9);/q;+1/p-1/b7-5+;. The van der Waals surface area contributed by atoms with E-state index in [-0.39, 0.29) is 57.9 Å². The Balaban J connectivity index is 0. The van der Waals surface area contributed by atoms with Crippen LogP contribution in [0.5, 0.6) is 0 Å². The third-order valence-corrected chi connectivity index (χ3v) is 0.784. The summed E-state index contributed by atoms with van der Waals surface area (Å²) >= 11 is 0. The summed E-state index contributed by atoms with van der Waals surface area (Å²) in [5, 5.41) is 9.83. The minimum Gasteiger partial charge on any atom is -0.548 e. The second kappa shape index (κ2) is 8.67. The van der Waals surface area contributed by atoms with Crippen molar-refractivity contribution >= 4 is 11.9 Å². The van der Waals surface area contributed by atoms with Gasteiger partial charge in [0.05, 0.1) is 19.1 Å². The topological polar surface area (TPSA) is 61.7 Å². The van der Waals surface area contributed by atoms with E-state index in [0.29, 0.717) is 12.5 Å². The summed E-state index contributed by atoms with van der Waals surface area (Å²) in [6.07, 6.45) is 0. The molecule has 0 N–H and O–H groups in total. The van der Waals surface area contributed by atoms with Gasteiger partial charge in [-0.05, 0) is 6.92 Å². The number of carbonyl (C=O) groups is 1. The van der Waals surface area contributed by atoms with Crippen LogP contribution >= 0.6 is 0 Å². The SMILES string of the molecule is CCO/C(C)=N/CC(=O)[O-].[K+]. The Morgan fingerprint density at radius 1 is 1.64 bits per heavy atom. The molecular weight excluding hydrogens is 173 g/mol. The van der Waals surface area contributed by atoms with Crippen LogP contribution in [0.1, 0.15) is 13.8 Å². The second-order valence-electron chi connectivity index (χ2n) is 1.64. The van der Waals surface area contributed by atoms with Gasteiger partial charge in [0.1, 0.15) is 0 Å². The van der Waals surface area contributed by atoms with Crippen molar-refractivity contribution < 1.29 is 66.0 Å². The first kappa shape index (κ1) is 14.1. The number of hydrogen-bond acceptors (Lipinski definition) is 4. The van der Waals surface area contributed by atoms with E-state index in [4.69, 9.17) is 4.74 Å². The van der Waals surface area contributed by atoms with Crippen LogP contribution in [-0.2, 0) is 9.53 Å². The number of carboxylic acids is 1. The number of ether oxygens (including phenoxy) is 1. The third kappa shape index (κ3) is 10.6. The van der Waals surface area contributed by atoms with Gasteiger partial charge in [-0.1, -0.05) is 0 Å². The number of hydrogen-bond donors (Lipinski definition) is 0. The Morgan fingerprint density at radius 3 is 2.55 bits per heavy atom. The molecule has 0 aromatic rings. The van der Waals surface area contributed by atoms with Crippen molar-refractivity contribution in [2.75, 3.05) is 13.2 Å². The number of nitrogens with zero attached hydrogens (tertiary/aromatic N) is 1. The van der Waals surface area contributed by atoms with Crippen LogP contribution in [0.25, 0.3) is 0 Å². The monoisotopic (exact) mass is 183 g/mol. The molecule has 5 heteroatoms. The van der Waals surface area contributed by atoms with Gasteiger partial charge in [0, 0.05) is 6.92 Å². The molecule has 0 atom stereocenters. The molecule has 0 saturated carbocycles. The molecule has 0 bridgehead atoms. The largest absolute Gasteiger partial charge is 1.00 e. The van der Waals surface area contributed by atoms with Crippen molar-refractivity contribution in [2.24, 2.45) is 4.99 Å². The number of carbonyl (C=O) groups excluding carboxylic acids is 1. The van der Waals surface area contributed by atoms with Gasteiger partial charge in [-0.3, -0.25) is 0 Å². The average Bonchev–Trinajstić information content (AvgIpc) is 1.85. The molecule has 0 saturated heterocycles. The quantitative estimate of drug-likeness (QED) is 0.256. The molecule has 0 fully saturated rings. The molecule has 0 spiro atoms. The molecule has 0 aliphatic carbocycles. The summed E-state index contributed by atoms with van der Waals surface area (Å²) in [6, 6.07) is 0. The molecule has 4 nitrogen and oxygen atoms in total. The third-order valence-electron chi connectivity index (χ3n) is 0.784. The van der Waals surface area contributed by atoms with Crippen molar-refractivity contribution in [1.82, 2.24) is 0 Å². The van der Waals surface area contributed by atoms with Crippen LogP contribution in [0.4, 0.5) is 0 Å². The first-order valence-electron chi connectivity index (χ1n) is 3.00. The van der Waals surface area contributed by atoms with E-state index < -0.39 is 5.97 Å². The Kier molecular flexibility index (Phi) is 11.1. The minimum atomic E-state index is -1.20. The molecule has 0 aliphatic rings. The number of rotatable bonds is 3. The molecule has 11 heavy (non-hydrogen) atoms. The normalized spacial score (nSPS) is 10.2. The van der Waals surface area contributed by atoms with Crippen molar-refractivity contribution in [3.63, 3.8) is 0 Å². The number of carboxylic acid groups (broad SMARTS) is 1. The van der Waals surface area contributed by atoms with E-state index >= 15 is 0 Å². The zero-order chi connectivity index (χ0) is 7.98. The fourth-order valence-corrected chi connectivity index (χ4v) is 0.430. The smallest absolute Gasteiger partial charge is 0.548 e. The summed E-state index contributed by atoms with van der Waals surface area (Å²) < 4.78 is 4.85. The second-order valence-corrected chi connectivity index (χ2v) is 1.64. The van der Waals surface area contributed by atoms with Crippen LogP contribution in [0.2, 0.25) is 0 Å². The van der Waals surface area contributed by atoms with Crippen molar-refractivity contribution in [1.29, 1.82) is 0 Å². The van der Waals surface area contributed by atoms with E-state index in [9.17, 15) is 9.90 Å². The first-order valence-corrected chi connectivity index (χ1v) is 3.00. The van der Waals surface area contributed by atoms with E-state index in [1.807, 2.05) is 0 Å². The molecule has 0 unspecified atom stereocenters. The molecule has 58 valence electrons. The molecule has 0 radical (unpaired) electrons. The summed E-state index contributed by atoms with van der Waals surface area (Å²) in [5.41, 5.74) is 0. The van der Waals surface area contributed by atoms with Gasteiger partial charge in [0.15, 0.2) is 5.90 Å². The Hall–Kier alpha value is 0.576. The van der Waals surface area contributed by atoms with Gasteiger partial charge < -0.3 is 14.6 Å². The van der Waals surface area contributed by atoms with Crippen LogP contribution < -0.4 is 56.5 Å². The predicted molar refractivity (Wildman–Crippen MR) is 34.6 cm³/mol. The van der Waals surface area contributed by atoms with Gasteiger partial charge in [-0.25, -0.2) is 4.99 Å². The van der Waals surface area contributed by atoms with Crippen LogP contribution in [0.3, 0.4) is 0 Å². The number of aliphatic carboxylic acids is 1. The molecular formula is C6H10KNO3. The van der Waals surface area contributed by atoms with Crippen LogP contribution in [0, 0.1) is 0 Å². The maximum atomic E-state index is 9.83. The van der Waals surface area contributed by atoms with Crippen LogP contribution in [-0.4, -0.2) is 25.0 Å². The molecule has 0 amide bonds. The molecule has 0 aromatic carbocycles. The van der Waals surface area contributed by atoms with Crippen molar-refractivity contribution in [3.05, 3.63) is 0 Å². The van der Waals surface area contributed by atoms with Gasteiger partial charge in [-0.15, -0.1) is 0 Å². The summed E-state index contributed by atoms with van der Waals surface area (Å²) in [6.45, 7) is 3.58. The number of aliphatic imine (C=N–C) groups is 1.